The summed E-state index contributed by atoms with van der Waals surface area (Å²) in [4.78, 5) is 24.4. The van der Waals surface area contributed by atoms with Crippen LogP contribution in [0.2, 0.25) is 0 Å². The van der Waals surface area contributed by atoms with E-state index in [-0.39, 0.29) is 30.7 Å². The molecule has 4 heteroatoms. The van der Waals surface area contributed by atoms with Crippen molar-refractivity contribution in [3.63, 3.8) is 0 Å². The van der Waals surface area contributed by atoms with Crippen molar-refractivity contribution in [2.45, 2.75) is 66.8 Å². The Morgan fingerprint density at radius 2 is 1.86 bits per heavy atom. The molecule has 0 aromatic rings. The maximum Gasteiger partial charge on any atom is 0.224 e. The van der Waals surface area contributed by atoms with Gasteiger partial charge in [-0.3, -0.25) is 9.59 Å². The van der Waals surface area contributed by atoms with Gasteiger partial charge in [-0.05, 0) is 58.8 Å². The fraction of sp³-hybridized carbons (Fsp3) is 0.778. The van der Waals surface area contributed by atoms with Crippen LogP contribution in [-0.2, 0) is 9.59 Å². The smallest absolute Gasteiger partial charge is 0.224 e. The molecule has 0 aromatic heterocycles. The first kappa shape index (κ1) is 20.7. The second kappa shape index (κ2) is 8.35. The minimum absolute atomic E-state index is 0. The third-order valence-corrected chi connectivity index (χ3v) is 4.14. The summed E-state index contributed by atoms with van der Waals surface area (Å²) in [7, 11) is 0. The number of allylic oxidation sites excluding steroid dienone is 2. The van der Waals surface area contributed by atoms with Crippen LogP contribution in [0.25, 0.3) is 0 Å². The lowest BCUT2D eigenvalue weighted by atomic mass is 9.83. The maximum absolute atomic E-state index is 12.6. The largest absolute Gasteiger partial charge is 0.369 e. The lowest BCUT2D eigenvalue weighted by molar-refractivity contribution is -0.134. The monoisotopic (exact) mass is 310 g/mol. The summed E-state index contributed by atoms with van der Waals surface area (Å²) < 4.78 is 0. The zero-order chi connectivity index (χ0) is 16.2. The molecule has 1 rings (SSSR count). The highest BCUT2D eigenvalue weighted by atomic mass is 16.2. The molecule has 1 fully saturated rings. The molecule has 1 aliphatic rings. The molecule has 0 aliphatic heterocycles. The summed E-state index contributed by atoms with van der Waals surface area (Å²) in [6, 6.07) is 0. The first-order chi connectivity index (χ1) is 9.65. The zero-order valence-corrected chi connectivity index (χ0v) is 14.0. The Labute approximate surface area is 135 Å². The van der Waals surface area contributed by atoms with E-state index in [4.69, 9.17) is 5.73 Å². The summed E-state index contributed by atoms with van der Waals surface area (Å²) in [6.45, 7) is 9.95. The molecule has 0 radical (unpaired) electrons. The van der Waals surface area contributed by atoms with Gasteiger partial charge in [0.15, 0.2) is 0 Å². The first-order valence-corrected chi connectivity index (χ1v) is 7.88. The molecule has 2 unspecified atom stereocenters. The number of hydrogen-bond donors (Lipinski definition) is 2. The summed E-state index contributed by atoms with van der Waals surface area (Å²) in [5, 5.41) is 3.01. The fourth-order valence-electron chi connectivity index (χ4n) is 2.73. The molecule has 0 aromatic carbocycles. The van der Waals surface area contributed by atoms with Crippen LogP contribution in [0.1, 0.15) is 61.3 Å². The van der Waals surface area contributed by atoms with E-state index in [9.17, 15) is 9.59 Å². The number of nitrogens with two attached hydrogens (primary N) is 1. The van der Waals surface area contributed by atoms with Gasteiger partial charge in [-0.1, -0.05) is 26.5 Å². The Morgan fingerprint density at radius 3 is 2.23 bits per heavy atom. The quantitative estimate of drug-likeness (QED) is 0.708. The minimum Gasteiger partial charge on any atom is -0.369 e. The van der Waals surface area contributed by atoms with E-state index in [1.165, 1.54) is 0 Å². The summed E-state index contributed by atoms with van der Waals surface area (Å²) >= 11 is 0. The van der Waals surface area contributed by atoms with Crippen molar-refractivity contribution in [3.8, 4) is 0 Å². The van der Waals surface area contributed by atoms with Crippen molar-refractivity contribution in [3.05, 3.63) is 12.2 Å². The third kappa shape index (κ3) is 6.63. The number of nitrogens with one attached hydrogen (secondary N) is 1. The molecule has 22 heavy (non-hydrogen) atoms. The Kier molecular flexibility index (Phi) is 7.85. The van der Waals surface area contributed by atoms with Crippen molar-refractivity contribution in [2.75, 3.05) is 0 Å². The predicted octanol–water partition coefficient (Wildman–Crippen LogP) is 3.27. The highest BCUT2D eigenvalue weighted by Gasteiger charge is 2.41. The van der Waals surface area contributed by atoms with Crippen LogP contribution in [-0.4, -0.2) is 17.4 Å². The van der Waals surface area contributed by atoms with Gasteiger partial charge in [0.25, 0.3) is 0 Å². The van der Waals surface area contributed by atoms with Gasteiger partial charge in [0.05, 0.1) is 11.8 Å². The molecular formula is C18H34N2O2. The second-order valence-corrected chi connectivity index (χ2v) is 7.37. The molecule has 0 heterocycles. The second-order valence-electron chi connectivity index (χ2n) is 7.37. The van der Waals surface area contributed by atoms with E-state index in [2.05, 4.69) is 12.2 Å². The third-order valence-electron chi connectivity index (χ3n) is 4.14. The highest BCUT2D eigenvalue weighted by molar-refractivity contribution is 5.87. The van der Waals surface area contributed by atoms with Gasteiger partial charge in [-0.2, -0.15) is 0 Å². The molecule has 2 amide bonds. The molecule has 4 nitrogen and oxygen atoms in total. The van der Waals surface area contributed by atoms with Crippen LogP contribution in [0.15, 0.2) is 12.2 Å². The van der Waals surface area contributed by atoms with Gasteiger partial charge < -0.3 is 11.1 Å². The number of rotatable bonds is 7. The molecular weight excluding hydrogens is 276 g/mol. The van der Waals surface area contributed by atoms with Gasteiger partial charge in [0.1, 0.15) is 0 Å². The van der Waals surface area contributed by atoms with Crippen molar-refractivity contribution in [1.29, 1.82) is 0 Å². The SMILES string of the molecule is C.C/C=C/C[C@H](C(N)=O)[C@@H](CC1CC1C)C(=O)NC(C)(C)C. The topological polar surface area (TPSA) is 72.2 Å². The number of carbonyl (C=O) groups excluding carboxylic acids is 2. The summed E-state index contributed by atoms with van der Waals surface area (Å²) in [5.74, 6) is 0.0351. The average Bonchev–Trinajstić information content (AvgIpc) is 3.01. The number of hydrogen-bond acceptors (Lipinski definition) is 2. The maximum atomic E-state index is 12.6. The molecule has 3 N–H and O–H groups in total. The van der Waals surface area contributed by atoms with Crippen molar-refractivity contribution < 1.29 is 9.59 Å². The summed E-state index contributed by atoms with van der Waals surface area (Å²) in [6.07, 6.45) is 6.26. The van der Waals surface area contributed by atoms with Crippen LogP contribution in [0.3, 0.4) is 0 Å². The number of primary amides is 1. The molecule has 0 saturated heterocycles. The molecule has 1 aliphatic carbocycles. The van der Waals surface area contributed by atoms with Crippen LogP contribution in [0, 0.1) is 23.7 Å². The standard InChI is InChI=1S/C17H30N2O2.CH4/c1-6-7-8-13(15(18)20)14(10-12-9-11(12)2)16(21)19-17(3,4)5;/h6-7,11-14H,8-10H2,1-5H3,(H2,18,20)(H,19,21);1H4/b7-6+;/t11?,12?,13-,14+;/m0./s1. The van der Waals surface area contributed by atoms with Crippen LogP contribution in [0.5, 0.6) is 0 Å². The molecule has 128 valence electrons. The van der Waals surface area contributed by atoms with Gasteiger partial charge >= 0.3 is 0 Å². The van der Waals surface area contributed by atoms with Crippen molar-refractivity contribution in [2.24, 2.45) is 29.4 Å². The fourth-order valence-corrected chi connectivity index (χ4v) is 2.73. The lowest BCUT2D eigenvalue weighted by Crippen LogP contribution is -2.47. The van der Waals surface area contributed by atoms with E-state index in [1.807, 2.05) is 39.8 Å². The minimum atomic E-state index is -0.420. The van der Waals surface area contributed by atoms with E-state index >= 15 is 0 Å². The Balaban J connectivity index is 0.00000441. The number of amides is 2. The predicted molar refractivity (Wildman–Crippen MR) is 92.1 cm³/mol. The van der Waals surface area contributed by atoms with Crippen LogP contribution in [0.4, 0.5) is 0 Å². The van der Waals surface area contributed by atoms with Crippen LogP contribution >= 0.6 is 0 Å². The average molecular weight is 310 g/mol. The van der Waals surface area contributed by atoms with Gasteiger partial charge in [-0.25, -0.2) is 0 Å². The summed E-state index contributed by atoms with van der Waals surface area (Å²) in [5.41, 5.74) is 5.26. The normalized spacial score (nSPS) is 23.5. The van der Waals surface area contributed by atoms with E-state index < -0.39 is 5.92 Å². The first-order valence-electron chi connectivity index (χ1n) is 7.88. The van der Waals surface area contributed by atoms with Crippen molar-refractivity contribution in [1.82, 2.24) is 5.32 Å². The van der Waals surface area contributed by atoms with Gasteiger partial charge in [-0.15, -0.1) is 0 Å². The molecule has 1 saturated carbocycles. The van der Waals surface area contributed by atoms with Gasteiger partial charge in [0.2, 0.25) is 11.8 Å². The van der Waals surface area contributed by atoms with E-state index in [0.29, 0.717) is 18.3 Å². The Hall–Kier alpha value is -1.32. The molecule has 0 bridgehead atoms. The zero-order valence-electron chi connectivity index (χ0n) is 14.0. The molecule has 4 atom stereocenters. The van der Waals surface area contributed by atoms with Crippen molar-refractivity contribution >= 4 is 11.8 Å². The Morgan fingerprint density at radius 1 is 1.32 bits per heavy atom. The van der Waals surface area contributed by atoms with Gasteiger partial charge in [0, 0.05) is 5.54 Å². The van der Waals surface area contributed by atoms with Crippen LogP contribution < -0.4 is 11.1 Å². The lowest BCUT2D eigenvalue weighted by Gasteiger charge is -2.28. The molecule has 0 spiro atoms. The van der Waals surface area contributed by atoms with E-state index in [0.717, 1.165) is 12.8 Å². The van der Waals surface area contributed by atoms with E-state index in [1.54, 1.807) is 0 Å². The number of carbonyl (C=O) groups is 2. The Bertz CT molecular complexity index is 410. The highest BCUT2D eigenvalue weighted by Crippen LogP contribution is 2.44.